The largest absolute Gasteiger partial charge is 0.468 e. The number of hydrogen-bond acceptors (Lipinski definition) is 4. The summed E-state index contributed by atoms with van der Waals surface area (Å²) in [7, 11) is 3.17. The van der Waals surface area contributed by atoms with Gasteiger partial charge in [0.2, 0.25) is 0 Å². The van der Waals surface area contributed by atoms with E-state index >= 15 is 0 Å². The highest BCUT2D eigenvalue weighted by atomic mass is 32.1. The van der Waals surface area contributed by atoms with Crippen LogP contribution in [0.15, 0.2) is 0 Å². The molecule has 0 bridgehead atoms. The SMILES string of the molecule is CCCC[C@@H](C(=O)OC)N(C)S. The first-order valence-electron chi connectivity index (χ1n) is 4.13. The van der Waals surface area contributed by atoms with Crippen molar-refractivity contribution in [3.63, 3.8) is 0 Å². The molecule has 0 amide bonds. The van der Waals surface area contributed by atoms with E-state index in [-0.39, 0.29) is 12.0 Å². The third-order valence-corrected chi connectivity index (χ3v) is 2.03. The van der Waals surface area contributed by atoms with Crippen LogP contribution in [0.1, 0.15) is 26.2 Å². The minimum Gasteiger partial charge on any atom is -0.468 e. The van der Waals surface area contributed by atoms with Crippen LogP contribution in [0.4, 0.5) is 0 Å². The van der Waals surface area contributed by atoms with E-state index < -0.39 is 0 Å². The Labute approximate surface area is 79.6 Å². The van der Waals surface area contributed by atoms with Gasteiger partial charge >= 0.3 is 5.97 Å². The molecule has 0 heterocycles. The highest BCUT2D eigenvalue weighted by Gasteiger charge is 2.20. The van der Waals surface area contributed by atoms with Gasteiger partial charge in [-0.1, -0.05) is 32.6 Å². The molecule has 0 spiro atoms. The lowest BCUT2D eigenvalue weighted by molar-refractivity contribution is -0.144. The number of nitrogens with zero attached hydrogens (tertiary/aromatic N) is 1. The summed E-state index contributed by atoms with van der Waals surface area (Å²) >= 11 is 4.09. The van der Waals surface area contributed by atoms with Crippen molar-refractivity contribution in [1.82, 2.24) is 4.31 Å². The smallest absolute Gasteiger partial charge is 0.323 e. The fourth-order valence-corrected chi connectivity index (χ4v) is 1.20. The number of unbranched alkanes of at least 4 members (excludes halogenated alkanes) is 1. The van der Waals surface area contributed by atoms with Crippen LogP contribution in [0.5, 0.6) is 0 Å². The first-order valence-corrected chi connectivity index (χ1v) is 4.53. The molecular formula is C8H17NO2S. The first kappa shape index (κ1) is 11.8. The monoisotopic (exact) mass is 191 g/mol. The van der Waals surface area contributed by atoms with Gasteiger partial charge in [0, 0.05) is 0 Å². The van der Waals surface area contributed by atoms with Crippen LogP contribution in [-0.2, 0) is 9.53 Å². The van der Waals surface area contributed by atoms with Gasteiger partial charge in [0.25, 0.3) is 0 Å². The molecule has 0 aromatic heterocycles. The van der Waals surface area contributed by atoms with Crippen LogP contribution >= 0.6 is 12.8 Å². The molecule has 72 valence electrons. The van der Waals surface area contributed by atoms with Gasteiger partial charge in [-0.05, 0) is 13.5 Å². The summed E-state index contributed by atoms with van der Waals surface area (Å²) < 4.78 is 6.24. The van der Waals surface area contributed by atoms with E-state index in [2.05, 4.69) is 24.5 Å². The number of ether oxygens (including phenoxy) is 1. The van der Waals surface area contributed by atoms with Crippen molar-refractivity contribution in [2.24, 2.45) is 0 Å². The molecule has 0 unspecified atom stereocenters. The van der Waals surface area contributed by atoms with Gasteiger partial charge in [-0.3, -0.25) is 4.79 Å². The summed E-state index contributed by atoms with van der Waals surface area (Å²) in [6.07, 6.45) is 2.91. The minimum atomic E-state index is -0.210. The fraction of sp³-hybridized carbons (Fsp3) is 0.875. The van der Waals surface area contributed by atoms with E-state index in [4.69, 9.17) is 0 Å². The first-order chi connectivity index (χ1) is 5.63. The highest BCUT2D eigenvalue weighted by Crippen LogP contribution is 2.10. The van der Waals surface area contributed by atoms with Crippen LogP contribution in [-0.4, -0.2) is 30.5 Å². The Bertz CT molecular complexity index is 139. The zero-order valence-electron chi connectivity index (χ0n) is 7.91. The highest BCUT2D eigenvalue weighted by molar-refractivity contribution is 7.77. The second-order valence-electron chi connectivity index (χ2n) is 2.75. The third kappa shape index (κ3) is 3.97. The lowest BCUT2D eigenvalue weighted by Crippen LogP contribution is -2.33. The Morgan fingerprint density at radius 3 is 2.58 bits per heavy atom. The summed E-state index contributed by atoms with van der Waals surface area (Å²) in [5.74, 6) is -0.207. The van der Waals surface area contributed by atoms with Crippen molar-refractivity contribution in [3.8, 4) is 0 Å². The second kappa shape index (κ2) is 6.31. The van der Waals surface area contributed by atoms with Crippen molar-refractivity contribution in [1.29, 1.82) is 0 Å². The Hall–Kier alpha value is -0.220. The molecule has 4 heteroatoms. The van der Waals surface area contributed by atoms with Crippen molar-refractivity contribution < 1.29 is 9.53 Å². The van der Waals surface area contributed by atoms with Gasteiger partial charge in [-0.25, -0.2) is 4.31 Å². The zero-order chi connectivity index (χ0) is 9.56. The number of likely N-dealkylation sites (N-methyl/N-ethyl adjacent to an activating group) is 1. The van der Waals surface area contributed by atoms with Gasteiger partial charge in [0.15, 0.2) is 0 Å². The quantitative estimate of drug-likeness (QED) is 0.527. The molecule has 0 aromatic rings. The van der Waals surface area contributed by atoms with Crippen LogP contribution in [0.2, 0.25) is 0 Å². The van der Waals surface area contributed by atoms with E-state index in [9.17, 15) is 4.79 Å². The lowest BCUT2D eigenvalue weighted by atomic mass is 10.1. The van der Waals surface area contributed by atoms with E-state index in [1.54, 1.807) is 11.4 Å². The summed E-state index contributed by atoms with van der Waals surface area (Å²) in [5.41, 5.74) is 0. The molecule has 0 saturated heterocycles. The minimum absolute atomic E-state index is 0.207. The number of esters is 1. The molecule has 3 nitrogen and oxygen atoms in total. The Morgan fingerprint density at radius 2 is 2.25 bits per heavy atom. The molecule has 0 aliphatic carbocycles. The van der Waals surface area contributed by atoms with E-state index in [0.29, 0.717) is 0 Å². The Kier molecular flexibility index (Phi) is 6.20. The normalized spacial score (nSPS) is 13.1. The maximum atomic E-state index is 11.1. The van der Waals surface area contributed by atoms with Crippen molar-refractivity contribution >= 4 is 18.8 Å². The van der Waals surface area contributed by atoms with Crippen molar-refractivity contribution in [2.75, 3.05) is 14.2 Å². The molecule has 0 aliphatic rings. The predicted octanol–water partition coefficient (Wildman–Crippen LogP) is 1.49. The van der Waals surface area contributed by atoms with Crippen molar-refractivity contribution in [2.45, 2.75) is 32.2 Å². The van der Waals surface area contributed by atoms with Crippen LogP contribution in [0, 0.1) is 0 Å². The predicted molar refractivity (Wildman–Crippen MR) is 52.1 cm³/mol. The lowest BCUT2D eigenvalue weighted by Gasteiger charge is -2.19. The van der Waals surface area contributed by atoms with Crippen molar-refractivity contribution in [3.05, 3.63) is 0 Å². The van der Waals surface area contributed by atoms with E-state index in [0.717, 1.165) is 19.3 Å². The van der Waals surface area contributed by atoms with Crippen LogP contribution in [0.3, 0.4) is 0 Å². The number of hydrogen-bond donors (Lipinski definition) is 1. The van der Waals surface area contributed by atoms with E-state index in [1.807, 2.05) is 0 Å². The summed E-state index contributed by atoms with van der Waals surface area (Å²) in [5, 5.41) is 0. The molecule has 0 aromatic carbocycles. The number of rotatable bonds is 5. The van der Waals surface area contributed by atoms with E-state index in [1.165, 1.54) is 7.11 Å². The third-order valence-electron chi connectivity index (χ3n) is 1.76. The van der Waals surface area contributed by atoms with Gasteiger partial charge in [0.05, 0.1) is 7.11 Å². The average Bonchev–Trinajstić information content (AvgIpc) is 2.04. The topological polar surface area (TPSA) is 29.5 Å². The van der Waals surface area contributed by atoms with Crippen LogP contribution in [0.25, 0.3) is 0 Å². The Morgan fingerprint density at radius 1 is 1.67 bits per heavy atom. The molecule has 1 atom stereocenters. The molecule has 0 saturated carbocycles. The maximum absolute atomic E-state index is 11.1. The van der Waals surface area contributed by atoms with Gasteiger partial charge in [0.1, 0.15) is 6.04 Å². The standard InChI is InChI=1S/C8H17NO2S/c1-4-5-6-7(9(2)12)8(10)11-3/h7,12H,4-6H2,1-3H3/t7-/m0/s1. The van der Waals surface area contributed by atoms with Gasteiger partial charge in [-0.2, -0.15) is 0 Å². The summed E-state index contributed by atoms with van der Waals surface area (Å²) in [6.45, 7) is 2.09. The number of methoxy groups -OCH3 is 1. The summed E-state index contributed by atoms with van der Waals surface area (Å²) in [4.78, 5) is 11.1. The maximum Gasteiger partial charge on any atom is 0.323 e. The molecule has 0 fully saturated rings. The fourth-order valence-electron chi connectivity index (χ4n) is 0.991. The molecule has 0 radical (unpaired) electrons. The second-order valence-corrected chi connectivity index (χ2v) is 3.39. The molecule has 12 heavy (non-hydrogen) atoms. The zero-order valence-corrected chi connectivity index (χ0v) is 8.80. The number of carbonyl (C=O) groups is 1. The Balaban J connectivity index is 3.95. The number of carbonyl (C=O) groups excluding carboxylic acids is 1. The molecule has 0 aliphatic heterocycles. The summed E-state index contributed by atoms with van der Waals surface area (Å²) in [6, 6.07) is -0.210. The molecular weight excluding hydrogens is 174 g/mol. The van der Waals surface area contributed by atoms with Gasteiger partial charge < -0.3 is 4.74 Å². The molecule has 0 rings (SSSR count). The molecule has 0 N–H and O–H groups in total. The van der Waals surface area contributed by atoms with Gasteiger partial charge in [-0.15, -0.1) is 0 Å². The number of thiol groups is 1. The van der Waals surface area contributed by atoms with Crippen LogP contribution < -0.4 is 0 Å². The average molecular weight is 191 g/mol.